The van der Waals surface area contributed by atoms with Crippen molar-refractivity contribution < 1.29 is 0 Å². The predicted molar refractivity (Wildman–Crippen MR) is 258 cm³/mol. The van der Waals surface area contributed by atoms with Gasteiger partial charge in [0.2, 0.25) is 0 Å². The lowest BCUT2D eigenvalue weighted by Gasteiger charge is -2.16. The normalized spacial score (nSPS) is 11.6. The summed E-state index contributed by atoms with van der Waals surface area (Å²) in [4.78, 5) is 5.34. The fourth-order valence-corrected chi connectivity index (χ4v) is 9.49. The number of pyridine rings is 1. The summed E-state index contributed by atoms with van der Waals surface area (Å²) in [6.45, 7) is 0. The van der Waals surface area contributed by atoms with Crippen LogP contribution in [0.5, 0.6) is 0 Å². The van der Waals surface area contributed by atoms with Gasteiger partial charge in [0.25, 0.3) is 0 Å². The number of aromatic nitrogens is 2. The Labute approximate surface area is 354 Å². The summed E-state index contributed by atoms with van der Waals surface area (Å²) in [7, 11) is 0. The number of nitrogens with zero attached hydrogens (tertiary/aromatic N) is 2. The lowest BCUT2D eigenvalue weighted by molar-refractivity contribution is 1.18. The predicted octanol–water partition coefficient (Wildman–Crippen LogP) is 16.0. The molecule has 61 heavy (non-hydrogen) atoms. The highest BCUT2D eigenvalue weighted by molar-refractivity contribution is 6.29. The van der Waals surface area contributed by atoms with Crippen LogP contribution < -0.4 is 0 Å². The summed E-state index contributed by atoms with van der Waals surface area (Å²) in [6, 6.07) is 83.6. The summed E-state index contributed by atoms with van der Waals surface area (Å²) < 4.78 is 2.43. The average Bonchev–Trinajstić information content (AvgIpc) is 3.68. The Balaban J connectivity index is 1.09. The van der Waals surface area contributed by atoms with Crippen molar-refractivity contribution in [2.24, 2.45) is 0 Å². The maximum Gasteiger partial charge on any atom is 0.0715 e. The maximum atomic E-state index is 5.34. The molecule has 0 bridgehead atoms. The van der Waals surface area contributed by atoms with Crippen molar-refractivity contribution in [3.05, 3.63) is 231 Å². The van der Waals surface area contributed by atoms with E-state index < -0.39 is 0 Å². The molecule has 0 spiro atoms. The highest BCUT2D eigenvalue weighted by Gasteiger charge is 2.18. The van der Waals surface area contributed by atoms with Crippen LogP contribution >= 0.6 is 0 Å². The first-order chi connectivity index (χ1) is 30.2. The molecule has 0 aliphatic rings. The lowest BCUT2D eigenvalue weighted by atomic mass is 9.88. The standard InChI is InChI=1S/C59H38N2/c1-4-15-39(16-5-1)41-27-31-46(32-28-41)61-57-26-13-12-23-51(57)52-34-29-43(38-58(52)61)47-24-14-25-53-49-22-11-10-21-48(49)50-33-30-44(35-54(50)59(47)53)56-37-45(40-17-6-2-7-18-40)36-55(60-56)42-19-8-3-9-20-42/h1-38H. The summed E-state index contributed by atoms with van der Waals surface area (Å²) >= 11 is 0. The summed E-state index contributed by atoms with van der Waals surface area (Å²) in [5.41, 5.74) is 14.7. The molecular weight excluding hydrogens is 737 g/mol. The van der Waals surface area contributed by atoms with E-state index in [0.717, 1.165) is 33.8 Å². The Morgan fingerprint density at radius 2 is 0.754 bits per heavy atom. The molecule has 2 aromatic heterocycles. The van der Waals surface area contributed by atoms with Gasteiger partial charge in [0.15, 0.2) is 0 Å². The molecule has 0 aliphatic carbocycles. The van der Waals surface area contributed by atoms with Gasteiger partial charge in [-0.2, -0.15) is 0 Å². The zero-order chi connectivity index (χ0) is 40.3. The monoisotopic (exact) mass is 774 g/mol. The molecule has 0 N–H and O–H groups in total. The van der Waals surface area contributed by atoms with E-state index in [9.17, 15) is 0 Å². The molecule has 2 nitrogen and oxygen atoms in total. The molecule has 0 saturated carbocycles. The summed E-state index contributed by atoms with van der Waals surface area (Å²) in [5, 5.41) is 9.92. The second-order valence-electron chi connectivity index (χ2n) is 15.9. The van der Waals surface area contributed by atoms with E-state index in [4.69, 9.17) is 4.98 Å². The molecule has 0 amide bonds. The van der Waals surface area contributed by atoms with Gasteiger partial charge in [-0.05, 0) is 108 Å². The highest BCUT2D eigenvalue weighted by Crippen LogP contribution is 2.43. The van der Waals surface area contributed by atoms with Gasteiger partial charge >= 0.3 is 0 Å². The molecule has 2 heterocycles. The topological polar surface area (TPSA) is 17.8 Å². The molecule has 0 atom stereocenters. The number of para-hydroxylation sites is 1. The van der Waals surface area contributed by atoms with Crippen molar-refractivity contribution in [1.82, 2.24) is 9.55 Å². The Morgan fingerprint density at radius 1 is 0.262 bits per heavy atom. The fourth-order valence-electron chi connectivity index (χ4n) is 9.49. The Morgan fingerprint density at radius 3 is 1.48 bits per heavy atom. The van der Waals surface area contributed by atoms with Crippen LogP contribution in [0.25, 0.3) is 116 Å². The molecule has 12 aromatic rings. The third kappa shape index (κ3) is 5.92. The van der Waals surface area contributed by atoms with Crippen molar-refractivity contribution in [3.63, 3.8) is 0 Å². The first-order valence-corrected chi connectivity index (χ1v) is 21.0. The van der Waals surface area contributed by atoms with Crippen LogP contribution in [0.1, 0.15) is 0 Å². The minimum atomic E-state index is 0.949. The number of benzene rings is 10. The number of hydrogen-bond acceptors (Lipinski definition) is 1. The molecule has 0 aliphatic heterocycles. The molecule has 0 fully saturated rings. The molecule has 0 unspecified atom stereocenters. The molecule has 12 rings (SSSR count). The SMILES string of the molecule is c1ccc(-c2ccc(-n3c4ccccc4c4ccc(-c5cccc6c7ccccc7c7ccc(-c8cc(-c9ccccc9)cc(-c9ccccc9)n8)cc7c56)cc43)cc2)cc1. The fraction of sp³-hybridized carbons (Fsp3) is 0. The minimum Gasteiger partial charge on any atom is -0.309 e. The van der Waals surface area contributed by atoms with Crippen LogP contribution in [-0.2, 0) is 0 Å². The van der Waals surface area contributed by atoms with E-state index in [1.54, 1.807) is 0 Å². The van der Waals surface area contributed by atoms with Gasteiger partial charge in [0.05, 0.1) is 22.4 Å². The second kappa shape index (κ2) is 14.3. The third-order valence-electron chi connectivity index (χ3n) is 12.4. The van der Waals surface area contributed by atoms with Crippen LogP contribution in [0.3, 0.4) is 0 Å². The van der Waals surface area contributed by atoms with E-state index in [2.05, 4.69) is 235 Å². The number of hydrogen-bond donors (Lipinski definition) is 0. The smallest absolute Gasteiger partial charge is 0.0715 e. The summed E-state index contributed by atoms with van der Waals surface area (Å²) in [5.74, 6) is 0. The van der Waals surface area contributed by atoms with Gasteiger partial charge in [-0.1, -0.05) is 188 Å². The highest BCUT2D eigenvalue weighted by atomic mass is 15.0. The Bertz CT molecular complexity index is 3550. The number of rotatable bonds is 6. The zero-order valence-corrected chi connectivity index (χ0v) is 33.3. The average molecular weight is 775 g/mol. The van der Waals surface area contributed by atoms with Crippen LogP contribution in [0.4, 0.5) is 0 Å². The van der Waals surface area contributed by atoms with Crippen molar-refractivity contribution in [1.29, 1.82) is 0 Å². The van der Waals surface area contributed by atoms with Crippen LogP contribution in [-0.4, -0.2) is 9.55 Å². The molecule has 0 radical (unpaired) electrons. The maximum absolute atomic E-state index is 5.34. The van der Waals surface area contributed by atoms with Gasteiger partial charge < -0.3 is 4.57 Å². The van der Waals surface area contributed by atoms with E-state index in [1.807, 2.05) is 0 Å². The minimum absolute atomic E-state index is 0.949. The van der Waals surface area contributed by atoms with Gasteiger partial charge in [0, 0.05) is 27.6 Å². The third-order valence-corrected chi connectivity index (χ3v) is 12.4. The van der Waals surface area contributed by atoms with Crippen LogP contribution in [0, 0.1) is 0 Å². The summed E-state index contributed by atoms with van der Waals surface area (Å²) in [6.07, 6.45) is 0. The molecule has 284 valence electrons. The van der Waals surface area contributed by atoms with Gasteiger partial charge in [0.1, 0.15) is 0 Å². The number of fused-ring (bicyclic) bond motifs is 9. The Kier molecular flexibility index (Phi) is 8.21. The van der Waals surface area contributed by atoms with Crippen molar-refractivity contribution in [2.45, 2.75) is 0 Å². The first-order valence-electron chi connectivity index (χ1n) is 21.0. The van der Waals surface area contributed by atoms with Crippen molar-refractivity contribution in [2.75, 3.05) is 0 Å². The van der Waals surface area contributed by atoms with Gasteiger partial charge in [-0.25, -0.2) is 4.98 Å². The first kappa shape index (κ1) is 34.9. The molecule has 2 heteroatoms. The quantitative estimate of drug-likeness (QED) is 0.154. The van der Waals surface area contributed by atoms with E-state index in [-0.39, 0.29) is 0 Å². The van der Waals surface area contributed by atoms with Crippen molar-refractivity contribution >= 4 is 54.1 Å². The van der Waals surface area contributed by atoms with E-state index in [1.165, 1.54) is 81.9 Å². The van der Waals surface area contributed by atoms with Crippen molar-refractivity contribution in [3.8, 4) is 61.6 Å². The van der Waals surface area contributed by atoms with Gasteiger partial charge in [-0.15, -0.1) is 0 Å². The molecular formula is C59H38N2. The largest absolute Gasteiger partial charge is 0.309 e. The van der Waals surface area contributed by atoms with E-state index in [0.29, 0.717) is 0 Å². The molecule has 10 aromatic carbocycles. The van der Waals surface area contributed by atoms with Gasteiger partial charge in [-0.3, -0.25) is 0 Å². The van der Waals surface area contributed by atoms with Crippen LogP contribution in [0.2, 0.25) is 0 Å². The van der Waals surface area contributed by atoms with E-state index >= 15 is 0 Å². The van der Waals surface area contributed by atoms with Crippen LogP contribution in [0.15, 0.2) is 231 Å². The lowest BCUT2D eigenvalue weighted by Crippen LogP contribution is -1.94. The second-order valence-corrected chi connectivity index (χ2v) is 15.9. The molecule has 0 saturated heterocycles. The Hall–Kier alpha value is -8.07. The zero-order valence-electron chi connectivity index (χ0n) is 33.3.